The zero-order valence-electron chi connectivity index (χ0n) is 12.0. The number of amides is 1. The number of anilines is 1. The van der Waals surface area contributed by atoms with Crippen LogP contribution in [0.25, 0.3) is 0 Å². The van der Waals surface area contributed by atoms with Gasteiger partial charge in [0.05, 0.1) is 11.6 Å². The van der Waals surface area contributed by atoms with Crippen molar-refractivity contribution in [2.45, 2.75) is 6.92 Å². The van der Waals surface area contributed by atoms with E-state index in [0.29, 0.717) is 21.6 Å². The Balaban J connectivity index is 2.04. The van der Waals surface area contributed by atoms with Gasteiger partial charge in [-0.05, 0) is 64.9 Å². The summed E-state index contributed by atoms with van der Waals surface area (Å²) in [4.78, 5) is 16.3. The van der Waals surface area contributed by atoms with E-state index in [1.54, 1.807) is 31.5 Å². The van der Waals surface area contributed by atoms with Crippen molar-refractivity contribution in [1.29, 1.82) is 0 Å². The lowest BCUT2D eigenvalue weighted by molar-refractivity contribution is 0.0977. The molecule has 2 N–H and O–H groups in total. The van der Waals surface area contributed by atoms with Gasteiger partial charge in [-0.25, -0.2) is 4.98 Å². The van der Waals surface area contributed by atoms with Gasteiger partial charge >= 0.3 is 0 Å². The maximum absolute atomic E-state index is 12.2. The molecule has 0 aliphatic rings. The zero-order valence-corrected chi connectivity index (χ0v) is 14.4. The van der Waals surface area contributed by atoms with Crippen LogP contribution in [0.5, 0.6) is 5.75 Å². The van der Waals surface area contributed by atoms with Crippen molar-refractivity contribution in [3.05, 3.63) is 52.1 Å². The number of hydrogen-bond acceptors (Lipinski definition) is 4. The first-order valence-electron chi connectivity index (χ1n) is 6.38. The molecule has 0 radical (unpaired) electrons. The molecule has 7 heteroatoms. The van der Waals surface area contributed by atoms with Crippen LogP contribution in [0.2, 0.25) is 0 Å². The maximum Gasteiger partial charge on any atom is 0.257 e. The SMILES string of the molecule is COc1ccc(C(=O)NC(=S)Nc2ncccc2C)cc1Br. The number of carbonyl (C=O) groups is 1. The molecule has 2 aromatic rings. The van der Waals surface area contributed by atoms with Crippen LogP contribution in [0, 0.1) is 6.92 Å². The standard InChI is InChI=1S/C15H14BrN3O2S/c1-9-4-3-7-17-13(9)18-15(22)19-14(20)10-5-6-12(21-2)11(16)8-10/h3-8H,1-2H3,(H2,17,18,19,20,22). The quantitative estimate of drug-likeness (QED) is 0.801. The molecule has 1 aromatic carbocycles. The molecule has 0 fully saturated rings. The van der Waals surface area contributed by atoms with Crippen molar-refractivity contribution in [2.75, 3.05) is 12.4 Å². The highest BCUT2D eigenvalue weighted by Crippen LogP contribution is 2.25. The lowest BCUT2D eigenvalue weighted by atomic mass is 10.2. The van der Waals surface area contributed by atoms with E-state index in [0.717, 1.165) is 5.56 Å². The molecule has 0 saturated heterocycles. The van der Waals surface area contributed by atoms with Crippen molar-refractivity contribution in [1.82, 2.24) is 10.3 Å². The number of aryl methyl sites for hydroxylation is 1. The second-order valence-electron chi connectivity index (χ2n) is 4.43. The largest absolute Gasteiger partial charge is 0.496 e. The van der Waals surface area contributed by atoms with E-state index in [4.69, 9.17) is 17.0 Å². The molecule has 0 saturated carbocycles. The third-order valence-electron chi connectivity index (χ3n) is 2.88. The van der Waals surface area contributed by atoms with Gasteiger partial charge in [-0.1, -0.05) is 6.07 Å². The summed E-state index contributed by atoms with van der Waals surface area (Å²) in [5.74, 6) is 0.958. The number of hydrogen-bond donors (Lipinski definition) is 2. The second-order valence-corrected chi connectivity index (χ2v) is 5.69. The van der Waals surface area contributed by atoms with Gasteiger partial charge in [-0.2, -0.15) is 0 Å². The molecule has 1 heterocycles. The summed E-state index contributed by atoms with van der Waals surface area (Å²) >= 11 is 8.48. The molecular weight excluding hydrogens is 366 g/mol. The predicted molar refractivity (Wildman–Crippen MR) is 93.4 cm³/mol. The maximum atomic E-state index is 12.2. The fourth-order valence-electron chi connectivity index (χ4n) is 1.74. The monoisotopic (exact) mass is 379 g/mol. The summed E-state index contributed by atoms with van der Waals surface area (Å²) in [5, 5.41) is 5.71. The molecule has 22 heavy (non-hydrogen) atoms. The van der Waals surface area contributed by atoms with Gasteiger partial charge in [0.15, 0.2) is 5.11 Å². The van der Waals surface area contributed by atoms with Crippen molar-refractivity contribution in [3.8, 4) is 5.75 Å². The molecule has 0 bridgehead atoms. The topological polar surface area (TPSA) is 63.2 Å². The molecule has 1 amide bonds. The number of thiocarbonyl (C=S) groups is 1. The number of carbonyl (C=O) groups excluding carboxylic acids is 1. The van der Waals surface area contributed by atoms with Crippen molar-refractivity contribution in [3.63, 3.8) is 0 Å². The molecule has 5 nitrogen and oxygen atoms in total. The number of ether oxygens (including phenoxy) is 1. The first-order valence-corrected chi connectivity index (χ1v) is 7.59. The Morgan fingerprint density at radius 2 is 2.14 bits per heavy atom. The van der Waals surface area contributed by atoms with E-state index >= 15 is 0 Å². The third-order valence-corrected chi connectivity index (χ3v) is 3.71. The Morgan fingerprint density at radius 1 is 1.36 bits per heavy atom. The summed E-state index contributed by atoms with van der Waals surface area (Å²) in [6.45, 7) is 1.90. The van der Waals surface area contributed by atoms with Crippen LogP contribution in [-0.4, -0.2) is 23.1 Å². The number of nitrogens with zero attached hydrogens (tertiary/aromatic N) is 1. The average Bonchev–Trinajstić information content (AvgIpc) is 2.49. The van der Waals surface area contributed by atoms with Gasteiger partial charge in [0, 0.05) is 11.8 Å². The van der Waals surface area contributed by atoms with Crippen LogP contribution in [0.1, 0.15) is 15.9 Å². The van der Waals surface area contributed by atoms with E-state index < -0.39 is 0 Å². The Labute approximate surface area is 142 Å². The minimum atomic E-state index is -0.311. The van der Waals surface area contributed by atoms with Crippen LogP contribution in [0.3, 0.4) is 0 Å². The van der Waals surface area contributed by atoms with Crippen LogP contribution in [0.15, 0.2) is 41.0 Å². The van der Waals surface area contributed by atoms with E-state index in [9.17, 15) is 4.79 Å². The van der Waals surface area contributed by atoms with Gasteiger partial charge < -0.3 is 10.1 Å². The second kappa shape index (κ2) is 7.33. The molecule has 114 valence electrons. The molecule has 0 atom stereocenters. The third kappa shape index (κ3) is 4.02. The van der Waals surface area contributed by atoms with Crippen molar-refractivity contribution >= 4 is 45.0 Å². The first kappa shape index (κ1) is 16.4. The number of rotatable bonds is 3. The Morgan fingerprint density at radius 3 is 2.77 bits per heavy atom. The summed E-state index contributed by atoms with van der Waals surface area (Å²) < 4.78 is 5.82. The van der Waals surface area contributed by atoms with E-state index in [1.807, 2.05) is 19.1 Å². The van der Waals surface area contributed by atoms with Crippen LogP contribution in [0.4, 0.5) is 5.82 Å². The average molecular weight is 380 g/mol. The van der Waals surface area contributed by atoms with Gasteiger partial charge in [0.1, 0.15) is 11.6 Å². The van der Waals surface area contributed by atoms with Gasteiger partial charge in [-0.3, -0.25) is 10.1 Å². The molecule has 0 aliphatic heterocycles. The molecular formula is C15H14BrN3O2S. The number of aromatic nitrogens is 1. The predicted octanol–water partition coefficient (Wildman–Crippen LogP) is 3.29. The molecule has 1 aromatic heterocycles. The number of methoxy groups -OCH3 is 1. The summed E-state index contributed by atoms with van der Waals surface area (Å²) in [5.41, 5.74) is 1.40. The Kier molecular flexibility index (Phi) is 5.46. The first-order chi connectivity index (χ1) is 10.5. The highest BCUT2D eigenvalue weighted by Gasteiger charge is 2.11. The summed E-state index contributed by atoms with van der Waals surface area (Å²) in [6.07, 6.45) is 1.65. The Hall–Kier alpha value is -1.99. The molecule has 0 spiro atoms. The van der Waals surface area contributed by atoms with Gasteiger partial charge in [0.2, 0.25) is 0 Å². The van der Waals surface area contributed by atoms with Crippen molar-refractivity contribution in [2.24, 2.45) is 0 Å². The smallest absolute Gasteiger partial charge is 0.257 e. The normalized spacial score (nSPS) is 9.95. The van der Waals surface area contributed by atoms with E-state index in [2.05, 4.69) is 31.5 Å². The van der Waals surface area contributed by atoms with Crippen LogP contribution >= 0.6 is 28.1 Å². The van der Waals surface area contributed by atoms with E-state index in [1.165, 1.54) is 0 Å². The fraction of sp³-hybridized carbons (Fsp3) is 0.133. The molecule has 0 aliphatic carbocycles. The van der Waals surface area contributed by atoms with Crippen LogP contribution < -0.4 is 15.4 Å². The Bertz CT molecular complexity index is 722. The molecule has 2 rings (SSSR count). The zero-order chi connectivity index (χ0) is 16.1. The number of nitrogens with one attached hydrogen (secondary N) is 2. The summed E-state index contributed by atoms with van der Waals surface area (Å²) in [6, 6.07) is 8.77. The van der Waals surface area contributed by atoms with Gasteiger partial charge in [0.25, 0.3) is 5.91 Å². The highest BCUT2D eigenvalue weighted by atomic mass is 79.9. The summed E-state index contributed by atoms with van der Waals surface area (Å²) in [7, 11) is 1.56. The fourth-order valence-corrected chi connectivity index (χ4v) is 2.47. The highest BCUT2D eigenvalue weighted by molar-refractivity contribution is 9.10. The number of pyridine rings is 1. The number of halogens is 1. The number of benzene rings is 1. The lowest BCUT2D eigenvalue weighted by Crippen LogP contribution is -2.34. The minimum Gasteiger partial charge on any atom is -0.496 e. The lowest BCUT2D eigenvalue weighted by Gasteiger charge is -2.11. The van der Waals surface area contributed by atoms with Crippen molar-refractivity contribution < 1.29 is 9.53 Å². The van der Waals surface area contributed by atoms with Gasteiger partial charge in [-0.15, -0.1) is 0 Å². The molecule has 0 unspecified atom stereocenters. The minimum absolute atomic E-state index is 0.193. The van der Waals surface area contributed by atoms with E-state index in [-0.39, 0.29) is 11.0 Å². The van der Waals surface area contributed by atoms with Crippen LogP contribution in [-0.2, 0) is 0 Å².